The molecule has 2 aromatic rings. The summed E-state index contributed by atoms with van der Waals surface area (Å²) in [6.07, 6.45) is 6.25. The molecule has 28 heavy (non-hydrogen) atoms. The van der Waals surface area contributed by atoms with Crippen LogP contribution in [0.25, 0.3) is 10.0 Å². The Morgan fingerprint density at radius 1 is 1.29 bits per heavy atom. The van der Waals surface area contributed by atoms with E-state index in [9.17, 15) is 9.90 Å². The van der Waals surface area contributed by atoms with Gasteiger partial charge in [-0.3, -0.25) is 0 Å². The van der Waals surface area contributed by atoms with E-state index in [1.54, 1.807) is 18.2 Å². The van der Waals surface area contributed by atoms with Crippen molar-refractivity contribution in [1.29, 1.82) is 0 Å². The summed E-state index contributed by atoms with van der Waals surface area (Å²) in [6, 6.07) is 4.70. The predicted octanol–water partition coefficient (Wildman–Crippen LogP) is 5.63. The van der Waals surface area contributed by atoms with Gasteiger partial charge in [-0.15, -0.1) is 0 Å². The molecule has 0 saturated heterocycles. The maximum atomic E-state index is 12.2. The first-order valence-electron chi connectivity index (χ1n) is 8.81. The topological polar surface area (TPSA) is 49.7 Å². The van der Waals surface area contributed by atoms with Gasteiger partial charge in [0.1, 0.15) is 0 Å². The van der Waals surface area contributed by atoms with E-state index < -0.39 is 8.07 Å². The van der Waals surface area contributed by atoms with Crippen LogP contribution >= 0.6 is 54.5 Å². The molecule has 0 radical (unpaired) electrons. The zero-order valence-corrected chi connectivity index (χ0v) is 23.2. The number of phenols is 1. The fourth-order valence-electron chi connectivity index (χ4n) is 4.07. The SMILES string of the molecule is CCC[Si]1(C)C2=CC(=O)C=CC2=Nc2ccc(O)c(-c3[se]c(Br)c(Br)c3I)c21. The van der Waals surface area contributed by atoms with Gasteiger partial charge >= 0.3 is 203 Å². The van der Waals surface area contributed by atoms with Crippen molar-refractivity contribution in [3.8, 4) is 15.8 Å². The fraction of sp³-hybridized carbons (Fsp3) is 0.200. The maximum absolute atomic E-state index is 12.2. The molecule has 0 bridgehead atoms. The van der Waals surface area contributed by atoms with E-state index in [0.29, 0.717) is 5.75 Å². The zero-order chi connectivity index (χ0) is 20.2. The van der Waals surface area contributed by atoms with Gasteiger partial charge in [0, 0.05) is 0 Å². The van der Waals surface area contributed by atoms with E-state index in [4.69, 9.17) is 4.99 Å². The minimum absolute atomic E-state index is 0.0277. The molecule has 1 aromatic heterocycles. The second kappa shape index (κ2) is 7.78. The second-order valence-electron chi connectivity index (χ2n) is 7.06. The zero-order valence-electron chi connectivity index (χ0n) is 15.1. The molecule has 0 spiro atoms. The summed E-state index contributed by atoms with van der Waals surface area (Å²) in [5.74, 6) is 0.332. The number of nitrogens with zero attached hydrogens (tertiary/aromatic N) is 1. The van der Waals surface area contributed by atoms with E-state index in [2.05, 4.69) is 67.9 Å². The van der Waals surface area contributed by atoms with Crippen molar-refractivity contribution in [2.75, 3.05) is 0 Å². The molecule has 2 aliphatic rings. The summed E-state index contributed by atoms with van der Waals surface area (Å²) in [6.45, 7) is 4.50. The van der Waals surface area contributed by atoms with Crippen molar-refractivity contribution in [3.63, 3.8) is 0 Å². The Morgan fingerprint density at radius 2 is 2.04 bits per heavy atom. The first-order valence-corrected chi connectivity index (χ1v) is 15.9. The van der Waals surface area contributed by atoms with Gasteiger partial charge in [0.25, 0.3) is 0 Å². The molecule has 0 amide bonds. The molecule has 4 rings (SSSR count). The first-order chi connectivity index (χ1) is 13.3. The van der Waals surface area contributed by atoms with Crippen molar-refractivity contribution >= 4 is 99.4 Å². The fourth-order valence-corrected chi connectivity index (χ4v) is 14.4. The molecule has 2 heterocycles. The van der Waals surface area contributed by atoms with Crippen molar-refractivity contribution in [1.82, 2.24) is 0 Å². The number of aromatic hydroxyl groups is 1. The number of hydrogen-bond donors (Lipinski definition) is 1. The third kappa shape index (κ3) is 3.24. The molecule has 1 N–H and O–H groups in total. The second-order valence-corrected chi connectivity index (χ2v) is 17.2. The Morgan fingerprint density at radius 3 is 2.68 bits per heavy atom. The number of allylic oxidation sites excluding steroid dienone is 4. The number of phenolic OH excluding ortho intramolecular Hbond substituents is 1. The van der Waals surface area contributed by atoms with Gasteiger partial charge in [-0.2, -0.15) is 0 Å². The van der Waals surface area contributed by atoms with Gasteiger partial charge in [0.15, 0.2) is 0 Å². The van der Waals surface area contributed by atoms with Gasteiger partial charge in [-0.25, -0.2) is 0 Å². The summed E-state index contributed by atoms with van der Waals surface area (Å²) < 4.78 is 4.51. The average molecular weight is 696 g/mol. The van der Waals surface area contributed by atoms with Crippen LogP contribution in [0, 0.1) is 3.57 Å². The first kappa shape index (κ1) is 21.0. The normalized spacial score (nSPS) is 20.5. The standard InChI is InChI=1S/C20H16Br2INO2SeSi/c1-3-8-28(2)14-9-10(25)4-5-11(14)24-12-6-7-13(26)15(19(12)28)18-17(23)16(21)20(22)27-18/h4-7,9,26H,3,8H2,1-2H3. The van der Waals surface area contributed by atoms with Crippen molar-refractivity contribution in [2.45, 2.75) is 25.9 Å². The molecular weight excluding hydrogens is 680 g/mol. The van der Waals surface area contributed by atoms with Crippen LogP contribution in [-0.2, 0) is 4.79 Å². The van der Waals surface area contributed by atoms with Crippen LogP contribution in [0.5, 0.6) is 5.75 Å². The number of fused-ring (bicyclic) bond motifs is 2. The molecular formula is C20H16Br2INO2SeSi. The Labute approximate surface area is 201 Å². The van der Waals surface area contributed by atoms with E-state index in [1.807, 2.05) is 12.1 Å². The molecule has 8 heteroatoms. The molecule has 1 unspecified atom stereocenters. The molecule has 1 aliphatic carbocycles. The molecule has 1 aromatic carbocycles. The third-order valence-corrected chi connectivity index (χ3v) is 17.8. The number of carbonyl (C=O) groups is 1. The third-order valence-electron chi connectivity index (χ3n) is 5.25. The van der Waals surface area contributed by atoms with Crippen LogP contribution < -0.4 is 5.19 Å². The van der Waals surface area contributed by atoms with Crippen molar-refractivity contribution in [2.24, 2.45) is 4.99 Å². The van der Waals surface area contributed by atoms with Gasteiger partial charge in [-0.1, -0.05) is 0 Å². The number of hydrogen-bond acceptors (Lipinski definition) is 3. The van der Waals surface area contributed by atoms with Crippen molar-refractivity contribution < 1.29 is 9.90 Å². The summed E-state index contributed by atoms with van der Waals surface area (Å²) >= 11 is 9.77. The summed E-state index contributed by atoms with van der Waals surface area (Å²) in [5.41, 5.74) is 2.78. The molecule has 1 aliphatic heterocycles. The van der Waals surface area contributed by atoms with Crippen LogP contribution in [0.4, 0.5) is 5.69 Å². The van der Waals surface area contributed by atoms with Gasteiger partial charge in [0.05, 0.1) is 0 Å². The Balaban J connectivity index is 2.10. The number of benzene rings is 1. The van der Waals surface area contributed by atoms with Crippen LogP contribution in [-0.4, -0.2) is 39.2 Å². The number of carbonyl (C=O) groups excluding carboxylic acids is 1. The minimum atomic E-state index is -2.26. The van der Waals surface area contributed by atoms with Crippen LogP contribution in [0.3, 0.4) is 0 Å². The van der Waals surface area contributed by atoms with Crippen LogP contribution in [0.15, 0.2) is 48.4 Å². The number of aliphatic imine (C=N–C) groups is 1. The van der Waals surface area contributed by atoms with Crippen LogP contribution in [0.1, 0.15) is 13.3 Å². The van der Waals surface area contributed by atoms with Gasteiger partial charge in [0.2, 0.25) is 0 Å². The summed E-state index contributed by atoms with van der Waals surface area (Å²) in [7, 11) is -2.26. The summed E-state index contributed by atoms with van der Waals surface area (Å²) in [5, 5.41) is 13.2. The van der Waals surface area contributed by atoms with E-state index >= 15 is 0 Å². The molecule has 3 nitrogen and oxygen atoms in total. The summed E-state index contributed by atoms with van der Waals surface area (Å²) in [4.78, 5) is 17.1. The molecule has 144 valence electrons. The predicted molar refractivity (Wildman–Crippen MR) is 134 cm³/mol. The molecule has 0 saturated carbocycles. The van der Waals surface area contributed by atoms with E-state index in [1.165, 1.54) is 9.62 Å². The van der Waals surface area contributed by atoms with Crippen LogP contribution in [0.2, 0.25) is 12.6 Å². The Hall–Kier alpha value is -0.254. The average Bonchev–Trinajstić information content (AvgIpc) is 2.91. The number of halogens is 3. The number of rotatable bonds is 3. The molecule has 0 fully saturated rings. The molecule has 1 atom stereocenters. The quantitative estimate of drug-likeness (QED) is 0.257. The number of ketones is 1. The van der Waals surface area contributed by atoms with E-state index in [-0.39, 0.29) is 20.3 Å². The Kier molecular flexibility index (Phi) is 5.83. The monoisotopic (exact) mass is 695 g/mol. The van der Waals surface area contributed by atoms with Gasteiger partial charge in [-0.05, 0) is 0 Å². The Bertz CT molecular complexity index is 1120. The van der Waals surface area contributed by atoms with E-state index in [0.717, 1.165) is 46.0 Å². The van der Waals surface area contributed by atoms with Crippen molar-refractivity contribution in [3.05, 3.63) is 46.9 Å². The van der Waals surface area contributed by atoms with Gasteiger partial charge < -0.3 is 0 Å².